The molecule has 2 N–H and O–H groups in total. The van der Waals surface area contributed by atoms with E-state index in [2.05, 4.69) is 0 Å². The van der Waals surface area contributed by atoms with E-state index in [9.17, 15) is 8.42 Å². The fourth-order valence-corrected chi connectivity index (χ4v) is 3.62. The molecule has 24 heavy (non-hydrogen) atoms. The normalized spacial score (nSPS) is 11.6. The first-order chi connectivity index (χ1) is 11.4. The summed E-state index contributed by atoms with van der Waals surface area (Å²) in [7, 11) is -3.70. The molecule has 0 fully saturated rings. The molecule has 0 bridgehead atoms. The fourth-order valence-electron chi connectivity index (χ4n) is 2.45. The highest BCUT2D eigenvalue weighted by atomic mass is 35.5. The van der Waals surface area contributed by atoms with Gasteiger partial charge in [-0.15, -0.1) is 11.8 Å². The van der Waals surface area contributed by atoms with Gasteiger partial charge in [-0.2, -0.15) is 0 Å². The van der Waals surface area contributed by atoms with Crippen LogP contribution in [0.4, 0.5) is 0 Å². The summed E-state index contributed by atoms with van der Waals surface area (Å²) in [5.41, 5.74) is 2.66. The fraction of sp³-hybridized carbons (Fsp3) is 0.0588. The van der Waals surface area contributed by atoms with E-state index in [0.717, 1.165) is 16.9 Å². The second-order valence-corrected chi connectivity index (χ2v) is 7.97. The zero-order valence-corrected chi connectivity index (χ0v) is 15.2. The zero-order valence-electron chi connectivity index (χ0n) is 12.8. The minimum atomic E-state index is -3.70. The number of primary sulfonamides is 1. The van der Waals surface area contributed by atoms with E-state index in [1.807, 2.05) is 47.2 Å². The van der Waals surface area contributed by atoms with Crippen molar-refractivity contribution in [2.45, 2.75) is 9.79 Å². The summed E-state index contributed by atoms with van der Waals surface area (Å²) in [6.45, 7) is 0. The van der Waals surface area contributed by atoms with Crippen LogP contribution >= 0.6 is 23.4 Å². The molecule has 124 valence electrons. The van der Waals surface area contributed by atoms with Gasteiger partial charge in [0.1, 0.15) is 5.15 Å². The van der Waals surface area contributed by atoms with Crippen molar-refractivity contribution in [3.8, 4) is 16.9 Å². The molecule has 3 aromatic rings. The molecule has 0 aliphatic rings. The Labute approximate surface area is 150 Å². The van der Waals surface area contributed by atoms with E-state index < -0.39 is 10.0 Å². The lowest BCUT2D eigenvalue weighted by atomic mass is 10.1. The van der Waals surface area contributed by atoms with E-state index in [4.69, 9.17) is 16.7 Å². The summed E-state index contributed by atoms with van der Waals surface area (Å²) in [5.74, 6) is 0. The van der Waals surface area contributed by atoms with Crippen molar-refractivity contribution in [3.05, 3.63) is 65.8 Å². The van der Waals surface area contributed by atoms with Crippen molar-refractivity contribution in [3.63, 3.8) is 0 Å². The predicted octanol–water partition coefficient (Wildman–Crippen LogP) is 4.17. The molecule has 0 unspecified atom stereocenters. The summed E-state index contributed by atoms with van der Waals surface area (Å²) in [6, 6.07) is 18.2. The molecule has 0 atom stereocenters. The van der Waals surface area contributed by atoms with Crippen LogP contribution < -0.4 is 5.14 Å². The highest BCUT2D eigenvalue weighted by Crippen LogP contribution is 2.30. The van der Waals surface area contributed by atoms with Gasteiger partial charge in [0.05, 0.1) is 10.6 Å². The number of sulfonamides is 1. The van der Waals surface area contributed by atoms with Gasteiger partial charge in [-0.25, -0.2) is 13.6 Å². The SMILES string of the molecule is CSc1ccc(-n2c(Cl)ccc2-c2ccc(S(N)(=O)=O)cc2)cc1. The van der Waals surface area contributed by atoms with Gasteiger partial charge in [0.15, 0.2) is 0 Å². The molecule has 0 aliphatic carbocycles. The molecule has 0 aliphatic heterocycles. The van der Waals surface area contributed by atoms with Crippen LogP contribution in [0.5, 0.6) is 0 Å². The van der Waals surface area contributed by atoms with Gasteiger partial charge in [0.25, 0.3) is 0 Å². The lowest BCUT2D eigenvalue weighted by Gasteiger charge is -2.12. The molecule has 4 nitrogen and oxygen atoms in total. The monoisotopic (exact) mass is 378 g/mol. The average molecular weight is 379 g/mol. The first-order valence-corrected chi connectivity index (χ1v) is 10.2. The van der Waals surface area contributed by atoms with E-state index in [0.29, 0.717) is 5.15 Å². The average Bonchev–Trinajstić information content (AvgIpc) is 2.96. The van der Waals surface area contributed by atoms with E-state index in [1.165, 1.54) is 17.0 Å². The minimum Gasteiger partial charge on any atom is -0.300 e. The van der Waals surface area contributed by atoms with Crippen LogP contribution in [0.2, 0.25) is 5.15 Å². The third-order valence-electron chi connectivity index (χ3n) is 3.64. The number of nitrogens with zero attached hydrogens (tertiary/aromatic N) is 1. The van der Waals surface area contributed by atoms with Gasteiger partial charge in [-0.3, -0.25) is 0 Å². The predicted molar refractivity (Wildman–Crippen MR) is 99.4 cm³/mol. The van der Waals surface area contributed by atoms with Crippen molar-refractivity contribution in [2.75, 3.05) is 6.26 Å². The maximum Gasteiger partial charge on any atom is 0.238 e. The van der Waals surface area contributed by atoms with Crippen LogP contribution in [0, 0.1) is 0 Å². The van der Waals surface area contributed by atoms with Crippen LogP contribution in [0.1, 0.15) is 0 Å². The maximum absolute atomic E-state index is 11.4. The second-order valence-electron chi connectivity index (χ2n) is 5.14. The molecule has 0 saturated heterocycles. The Kier molecular flexibility index (Phi) is 4.73. The minimum absolute atomic E-state index is 0.0831. The zero-order chi connectivity index (χ0) is 17.3. The molecule has 3 rings (SSSR count). The van der Waals surface area contributed by atoms with Crippen molar-refractivity contribution in [1.82, 2.24) is 4.57 Å². The molecule has 0 saturated carbocycles. The molecule has 0 amide bonds. The molecule has 2 aromatic carbocycles. The lowest BCUT2D eigenvalue weighted by Crippen LogP contribution is -2.11. The van der Waals surface area contributed by atoms with Crippen molar-refractivity contribution < 1.29 is 8.42 Å². The van der Waals surface area contributed by atoms with Gasteiger partial charge in [0, 0.05) is 10.6 Å². The Balaban J connectivity index is 2.06. The quantitative estimate of drug-likeness (QED) is 0.693. The number of hydrogen-bond acceptors (Lipinski definition) is 3. The summed E-state index contributed by atoms with van der Waals surface area (Å²) in [4.78, 5) is 1.25. The van der Waals surface area contributed by atoms with E-state index >= 15 is 0 Å². The summed E-state index contributed by atoms with van der Waals surface area (Å²) < 4.78 is 24.7. The lowest BCUT2D eigenvalue weighted by molar-refractivity contribution is 0.598. The smallest absolute Gasteiger partial charge is 0.238 e. The van der Waals surface area contributed by atoms with Gasteiger partial charge >= 0.3 is 0 Å². The van der Waals surface area contributed by atoms with Crippen molar-refractivity contribution in [1.29, 1.82) is 0 Å². The molecule has 1 aromatic heterocycles. The number of benzene rings is 2. The highest BCUT2D eigenvalue weighted by molar-refractivity contribution is 7.98. The topological polar surface area (TPSA) is 65.1 Å². The molecular formula is C17H15ClN2O2S2. The summed E-state index contributed by atoms with van der Waals surface area (Å²) in [6.07, 6.45) is 2.02. The Hall–Kier alpha value is -1.73. The molecule has 0 spiro atoms. The Morgan fingerprint density at radius 3 is 2.12 bits per heavy atom. The number of thioether (sulfide) groups is 1. The highest BCUT2D eigenvalue weighted by Gasteiger charge is 2.12. The summed E-state index contributed by atoms with van der Waals surface area (Å²) >= 11 is 8.02. The molecule has 0 radical (unpaired) electrons. The van der Waals surface area contributed by atoms with Crippen LogP contribution in [0.15, 0.2) is 70.5 Å². The van der Waals surface area contributed by atoms with E-state index in [1.54, 1.807) is 23.9 Å². The first kappa shape index (κ1) is 17.1. The van der Waals surface area contributed by atoms with Crippen LogP contribution in [0.25, 0.3) is 16.9 Å². The maximum atomic E-state index is 11.4. The first-order valence-electron chi connectivity index (χ1n) is 7.05. The third-order valence-corrected chi connectivity index (χ3v) is 5.61. The van der Waals surface area contributed by atoms with Crippen LogP contribution in [0.3, 0.4) is 0 Å². The van der Waals surface area contributed by atoms with Gasteiger partial charge in [-0.05, 0) is 60.4 Å². The Bertz CT molecular complexity index is 963. The van der Waals surface area contributed by atoms with Crippen LogP contribution in [-0.4, -0.2) is 19.2 Å². The van der Waals surface area contributed by atoms with Crippen molar-refractivity contribution in [2.24, 2.45) is 5.14 Å². The number of halogens is 1. The second kappa shape index (κ2) is 6.64. The Morgan fingerprint density at radius 2 is 1.58 bits per heavy atom. The molecule has 7 heteroatoms. The third kappa shape index (κ3) is 3.37. The number of rotatable bonds is 4. The van der Waals surface area contributed by atoms with E-state index in [-0.39, 0.29) is 4.90 Å². The molecule has 1 heterocycles. The molecular weight excluding hydrogens is 364 g/mol. The Morgan fingerprint density at radius 1 is 0.958 bits per heavy atom. The van der Waals surface area contributed by atoms with Gasteiger partial charge in [-0.1, -0.05) is 23.7 Å². The number of aromatic nitrogens is 1. The number of hydrogen-bond donors (Lipinski definition) is 1. The standard InChI is InChI=1S/C17H15ClN2O2S2/c1-23-14-6-4-13(5-7-14)20-16(10-11-17(20)18)12-2-8-15(9-3-12)24(19,21)22/h2-11H,1H3,(H2,19,21,22). The van der Waals surface area contributed by atoms with Crippen LogP contribution in [-0.2, 0) is 10.0 Å². The van der Waals surface area contributed by atoms with Gasteiger partial charge in [0.2, 0.25) is 10.0 Å². The largest absolute Gasteiger partial charge is 0.300 e. The number of nitrogens with two attached hydrogens (primary N) is 1. The van der Waals surface area contributed by atoms with Gasteiger partial charge < -0.3 is 4.57 Å². The van der Waals surface area contributed by atoms with Crippen molar-refractivity contribution >= 4 is 33.4 Å². The summed E-state index contributed by atoms with van der Waals surface area (Å²) in [5, 5.41) is 5.72.